The monoisotopic (exact) mass is 421 g/mol. The van der Waals surface area contributed by atoms with Gasteiger partial charge in [-0.25, -0.2) is 0 Å². The minimum absolute atomic E-state index is 0.150. The summed E-state index contributed by atoms with van der Waals surface area (Å²) in [5.74, 6) is 2.11. The Morgan fingerprint density at radius 2 is 1.87 bits per heavy atom. The summed E-state index contributed by atoms with van der Waals surface area (Å²) in [4.78, 5) is 11.7. The van der Waals surface area contributed by atoms with E-state index in [0.29, 0.717) is 36.0 Å². The van der Waals surface area contributed by atoms with Crippen molar-refractivity contribution < 1.29 is 19.7 Å². The van der Waals surface area contributed by atoms with Gasteiger partial charge in [0.2, 0.25) is 0 Å². The van der Waals surface area contributed by atoms with Crippen molar-refractivity contribution in [3.8, 4) is 0 Å². The number of esters is 1. The Bertz CT molecular complexity index is 655. The van der Waals surface area contributed by atoms with Crippen LogP contribution in [0.5, 0.6) is 0 Å². The van der Waals surface area contributed by atoms with E-state index in [-0.39, 0.29) is 41.0 Å². The van der Waals surface area contributed by atoms with Gasteiger partial charge in [-0.1, -0.05) is 20.8 Å². The number of aliphatic hydroxyl groups is 2. The Morgan fingerprint density at radius 1 is 1.13 bits per heavy atom. The van der Waals surface area contributed by atoms with Crippen LogP contribution >= 0.6 is 0 Å². The fraction of sp³-hybridized carbons (Fsp3) is 0.960. The second kappa shape index (κ2) is 8.04. The highest BCUT2D eigenvalue weighted by Crippen LogP contribution is 2.68. The number of nitrogens with two attached hydrogens (primary N) is 1. The average molecular weight is 422 g/mol. The summed E-state index contributed by atoms with van der Waals surface area (Å²) in [6, 6.07) is 0.261. The van der Waals surface area contributed by atoms with E-state index in [0.717, 1.165) is 51.4 Å². The lowest BCUT2D eigenvalue weighted by Crippen LogP contribution is -2.62. The molecular weight excluding hydrogens is 378 g/mol. The third-order valence-electron chi connectivity index (χ3n) is 10.6. The zero-order chi connectivity index (χ0) is 21.8. The van der Waals surface area contributed by atoms with Gasteiger partial charge in [-0.05, 0) is 97.7 Å². The van der Waals surface area contributed by atoms with Gasteiger partial charge in [-0.3, -0.25) is 4.79 Å². The van der Waals surface area contributed by atoms with Crippen molar-refractivity contribution in [3.05, 3.63) is 0 Å². The third kappa shape index (κ3) is 3.34. The number of aliphatic hydroxyl groups excluding tert-OH is 2. The first-order valence-corrected chi connectivity index (χ1v) is 12.3. The summed E-state index contributed by atoms with van der Waals surface area (Å²) >= 11 is 0. The molecule has 0 spiro atoms. The van der Waals surface area contributed by atoms with E-state index in [9.17, 15) is 15.0 Å². The predicted molar refractivity (Wildman–Crippen MR) is 116 cm³/mol. The van der Waals surface area contributed by atoms with Gasteiger partial charge in [0.1, 0.15) is 0 Å². The zero-order valence-electron chi connectivity index (χ0n) is 19.3. The molecule has 4 N–H and O–H groups in total. The highest BCUT2D eigenvalue weighted by Gasteiger charge is 2.65. The summed E-state index contributed by atoms with van der Waals surface area (Å²) in [5.41, 5.74) is 6.31. The lowest BCUT2D eigenvalue weighted by atomic mass is 9.43. The molecule has 0 saturated heterocycles. The van der Waals surface area contributed by atoms with E-state index in [2.05, 4.69) is 20.8 Å². The number of hydrogen-bond acceptors (Lipinski definition) is 5. The van der Waals surface area contributed by atoms with Crippen molar-refractivity contribution in [1.82, 2.24) is 0 Å². The first-order chi connectivity index (χ1) is 14.1. The summed E-state index contributed by atoms with van der Waals surface area (Å²) in [7, 11) is 1.45. The maximum Gasteiger partial charge on any atom is 0.305 e. The quantitative estimate of drug-likeness (QED) is 0.604. The molecule has 4 fully saturated rings. The van der Waals surface area contributed by atoms with Crippen molar-refractivity contribution in [2.75, 3.05) is 7.11 Å². The molecule has 0 aromatic heterocycles. The van der Waals surface area contributed by atoms with Crippen LogP contribution in [0.4, 0.5) is 0 Å². The van der Waals surface area contributed by atoms with Crippen molar-refractivity contribution in [3.63, 3.8) is 0 Å². The summed E-state index contributed by atoms with van der Waals surface area (Å²) < 4.78 is 4.84. The summed E-state index contributed by atoms with van der Waals surface area (Å²) in [6.45, 7) is 6.94. The van der Waals surface area contributed by atoms with Crippen LogP contribution in [-0.2, 0) is 9.53 Å². The Hall–Kier alpha value is -0.650. The normalized spacial score (nSPS) is 51.4. The van der Waals surface area contributed by atoms with Crippen LogP contribution in [-0.4, -0.2) is 41.5 Å². The minimum Gasteiger partial charge on any atom is -0.469 e. The van der Waals surface area contributed by atoms with Crippen molar-refractivity contribution >= 4 is 5.97 Å². The zero-order valence-corrected chi connectivity index (χ0v) is 19.3. The van der Waals surface area contributed by atoms with Gasteiger partial charge in [-0.2, -0.15) is 0 Å². The van der Waals surface area contributed by atoms with Gasteiger partial charge in [0.25, 0.3) is 0 Å². The highest BCUT2D eigenvalue weighted by molar-refractivity contribution is 5.69. The largest absolute Gasteiger partial charge is 0.469 e. The number of hydrogen-bond donors (Lipinski definition) is 3. The van der Waals surface area contributed by atoms with E-state index in [1.807, 2.05) is 0 Å². The van der Waals surface area contributed by atoms with Crippen molar-refractivity contribution in [2.24, 2.45) is 52.1 Å². The Kier molecular flexibility index (Phi) is 6.04. The lowest BCUT2D eigenvalue weighted by Gasteiger charge is -2.63. The molecule has 4 saturated carbocycles. The molecule has 0 aromatic carbocycles. The first kappa shape index (κ1) is 22.5. The molecule has 0 aliphatic heterocycles. The van der Waals surface area contributed by atoms with Gasteiger partial charge >= 0.3 is 5.97 Å². The number of rotatable bonds is 4. The molecule has 0 heterocycles. The Morgan fingerprint density at radius 3 is 2.57 bits per heavy atom. The number of methoxy groups -OCH3 is 1. The molecule has 4 unspecified atom stereocenters. The Labute approximate surface area is 182 Å². The third-order valence-corrected chi connectivity index (χ3v) is 10.6. The number of carbonyl (C=O) groups excluding carboxylic acids is 1. The highest BCUT2D eigenvalue weighted by atomic mass is 16.5. The van der Waals surface area contributed by atoms with Crippen LogP contribution in [0, 0.1) is 46.3 Å². The second-order valence-corrected chi connectivity index (χ2v) is 11.7. The maximum absolute atomic E-state index is 11.7. The second-order valence-electron chi connectivity index (χ2n) is 11.7. The van der Waals surface area contributed by atoms with Gasteiger partial charge in [0.15, 0.2) is 0 Å². The minimum atomic E-state index is -0.338. The maximum atomic E-state index is 11.7. The molecule has 11 atom stereocenters. The first-order valence-electron chi connectivity index (χ1n) is 12.3. The molecular formula is C25H43NO4. The van der Waals surface area contributed by atoms with Crippen LogP contribution in [0.15, 0.2) is 0 Å². The van der Waals surface area contributed by atoms with Crippen LogP contribution < -0.4 is 5.73 Å². The number of ether oxygens (including phenoxy) is 1. The lowest BCUT2D eigenvalue weighted by molar-refractivity contribution is -0.202. The van der Waals surface area contributed by atoms with E-state index >= 15 is 0 Å². The van der Waals surface area contributed by atoms with E-state index in [4.69, 9.17) is 10.5 Å². The van der Waals surface area contributed by atoms with E-state index < -0.39 is 0 Å². The molecule has 4 aliphatic carbocycles. The SMILES string of the molecule is COC(=O)CC[C@@H](C)[C@H]1CC[C@H]2[C@@H]3C(O)CC4CC(N)CC[C@]4(C)[C@H]3CC(O)[C@]12C. The molecule has 0 bridgehead atoms. The van der Waals surface area contributed by atoms with Crippen LogP contribution in [0.3, 0.4) is 0 Å². The average Bonchev–Trinajstić information content (AvgIpc) is 3.06. The summed E-state index contributed by atoms with van der Waals surface area (Å²) in [6.07, 6.45) is 7.69. The summed E-state index contributed by atoms with van der Waals surface area (Å²) in [5, 5.41) is 22.9. The number of fused-ring (bicyclic) bond motifs is 5. The van der Waals surface area contributed by atoms with Crippen molar-refractivity contribution in [1.29, 1.82) is 0 Å². The molecule has 5 heteroatoms. The Balaban J connectivity index is 1.58. The molecule has 0 aromatic rings. The fourth-order valence-corrected chi connectivity index (χ4v) is 8.84. The molecule has 30 heavy (non-hydrogen) atoms. The topological polar surface area (TPSA) is 92.8 Å². The molecule has 4 aliphatic rings. The van der Waals surface area contributed by atoms with Gasteiger partial charge in [-0.15, -0.1) is 0 Å². The molecule has 5 nitrogen and oxygen atoms in total. The molecule has 0 radical (unpaired) electrons. The predicted octanol–water partition coefficient (Wildman–Crippen LogP) is 3.50. The van der Waals surface area contributed by atoms with Crippen LogP contribution in [0.2, 0.25) is 0 Å². The molecule has 172 valence electrons. The van der Waals surface area contributed by atoms with Gasteiger partial charge < -0.3 is 20.7 Å². The fourth-order valence-electron chi connectivity index (χ4n) is 8.84. The smallest absolute Gasteiger partial charge is 0.305 e. The molecule has 4 rings (SSSR count). The van der Waals surface area contributed by atoms with Crippen LogP contribution in [0.1, 0.15) is 78.6 Å². The van der Waals surface area contributed by atoms with Crippen molar-refractivity contribution in [2.45, 2.75) is 96.8 Å². The van der Waals surface area contributed by atoms with Crippen LogP contribution in [0.25, 0.3) is 0 Å². The number of carbonyl (C=O) groups is 1. The molecule has 0 amide bonds. The van der Waals surface area contributed by atoms with Gasteiger partial charge in [0, 0.05) is 12.5 Å². The van der Waals surface area contributed by atoms with E-state index in [1.165, 1.54) is 7.11 Å². The van der Waals surface area contributed by atoms with Gasteiger partial charge in [0.05, 0.1) is 19.3 Å². The standard InChI is InChI=1S/C25H43NO4/c1-14(5-8-22(29)30-4)17-6-7-18-23-19(13-21(28)25(17,18)3)24(2)10-9-16(26)11-15(24)12-20(23)27/h14-21,23,27-28H,5-13,26H2,1-4H3/t14-,15?,16?,17-,18+,19+,20?,21?,23+,24+,25-/m1/s1. The van der Waals surface area contributed by atoms with E-state index in [1.54, 1.807) is 0 Å².